The predicted molar refractivity (Wildman–Crippen MR) is 115 cm³/mol. The zero-order valence-electron chi connectivity index (χ0n) is 14.8. The van der Waals surface area contributed by atoms with Crippen molar-refractivity contribution in [3.8, 4) is 17.1 Å². The second kappa shape index (κ2) is 7.69. The normalized spacial score (nSPS) is 16.7. The van der Waals surface area contributed by atoms with Gasteiger partial charge in [0.25, 0.3) is 5.91 Å². The number of hydrogen-bond acceptors (Lipinski definition) is 5. The van der Waals surface area contributed by atoms with Crippen molar-refractivity contribution in [3.63, 3.8) is 0 Å². The largest absolute Gasteiger partial charge is 0.506 e. The van der Waals surface area contributed by atoms with Gasteiger partial charge in [-0.3, -0.25) is 4.79 Å². The van der Waals surface area contributed by atoms with E-state index in [1.807, 2.05) is 49.4 Å². The number of furan rings is 1. The molecule has 1 aliphatic heterocycles. The smallest absolute Gasteiger partial charge is 0.264 e. The molecule has 0 saturated carbocycles. The summed E-state index contributed by atoms with van der Waals surface area (Å²) in [7, 11) is 0. The number of nitrogens with one attached hydrogen (secondary N) is 1. The van der Waals surface area contributed by atoms with Crippen molar-refractivity contribution in [1.82, 2.24) is 5.32 Å². The second-order valence-corrected chi connectivity index (χ2v) is 8.08. The Kier molecular flexibility index (Phi) is 5.11. The number of aliphatic imine (C=N–C) groups is 1. The highest BCUT2D eigenvalue weighted by Crippen LogP contribution is 2.34. The van der Waals surface area contributed by atoms with Gasteiger partial charge in [-0.15, -0.1) is 0 Å². The van der Waals surface area contributed by atoms with Gasteiger partial charge in [-0.2, -0.15) is 0 Å². The molecule has 2 aromatic carbocycles. The molecule has 7 heteroatoms. The SMILES string of the molecule is Cc1cccc(O)c1N=C1NC(=O)/C(=C\c2ccc(-c3ccc(Br)cc3)o2)S1. The topological polar surface area (TPSA) is 74.8 Å². The number of rotatable bonds is 3. The van der Waals surface area contributed by atoms with E-state index in [2.05, 4.69) is 26.2 Å². The maximum Gasteiger partial charge on any atom is 0.264 e. The van der Waals surface area contributed by atoms with Crippen LogP contribution in [-0.2, 0) is 4.79 Å². The van der Waals surface area contributed by atoms with Crippen molar-refractivity contribution in [2.24, 2.45) is 4.99 Å². The molecule has 1 aromatic heterocycles. The number of aromatic hydroxyl groups is 1. The number of amidine groups is 1. The Hall–Kier alpha value is -2.77. The van der Waals surface area contributed by atoms with Gasteiger partial charge in [0.2, 0.25) is 0 Å². The minimum atomic E-state index is -0.251. The number of aryl methyl sites for hydroxylation is 1. The average Bonchev–Trinajstić information content (AvgIpc) is 3.26. The summed E-state index contributed by atoms with van der Waals surface area (Å²) in [6.07, 6.45) is 1.68. The van der Waals surface area contributed by atoms with Crippen LogP contribution in [0.3, 0.4) is 0 Å². The molecule has 140 valence electrons. The molecule has 0 aliphatic carbocycles. The molecule has 0 radical (unpaired) electrons. The third-order valence-corrected chi connectivity index (χ3v) is 5.55. The molecule has 1 saturated heterocycles. The molecule has 0 unspecified atom stereocenters. The second-order valence-electron chi connectivity index (χ2n) is 6.13. The van der Waals surface area contributed by atoms with E-state index >= 15 is 0 Å². The number of carbonyl (C=O) groups excluding carboxylic acids is 1. The first-order chi connectivity index (χ1) is 13.5. The Balaban J connectivity index is 1.57. The molecule has 1 fully saturated rings. The Morgan fingerprint density at radius 3 is 2.68 bits per heavy atom. The van der Waals surface area contributed by atoms with E-state index in [0.29, 0.717) is 21.5 Å². The lowest BCUT2D eigenvalue weighted by molar-refractivity contribution is -0.115. The van der Waals surface area contributed by atoms with Crippen molar-refractivity contribution in [3.05, 3.63) is 75.3 Å². The number of hydrogen-bond donors (Lipinski definition) is 2. The van der Waals surface area contributed by atoms with Crippen LogP contribution >= 0.6 is 27.7 Å². The van der Waals surface area contributed by atoms with Gasteiger partial charge in [-0.25, -0.2) is 4.99 Å². The lowest BCUT2D eigenvalue weighted by Crippen LogP contribution is -2.19. The molecule has 0 bridgehead atoms. The summed E-state index contributed by atoms with van der Waals surface area (Å²) in [4.78, 5) is 17.1. The van der Waals surface area contributed by atoms with Crippen LogP contribution in [0.5, 0.6) is 5.75 Å². The molecular formula is C21H15BrN2O3S. The first kappa shape index (κ1) is 18.6. The Morgan fingerprint density at radius 1 is 1.14 bits per heavy atom. The fraction of sp³-hybridized carbons (Fsp3) is 0.0476. The third-order valence-electron chi connectivity index (χ3n) is 4.11. The van der Waals surface area contributed by atoms with Crippen LogP contribution in [0, 0.1) is 6.92 Å². The van der Waals surface area contributed by atoms with Gasteiger partial charge in [0.15, 0.2) is 5.17 Å². The number of para-hydroxylation sites is 1. The van der Waals surface area contributed by atoms with E-state index < -0.39 is 0 Å². The van der Waals surface area contributed by atoms with Crippen LogP contribution in [0.2, 0.25) is 0 Å². The van der Waals surface area contributed by atoms with Crippen LogP contribution in [-0.4, -0.2) is 16.2 Å². The molecule has 4 rings (SSSR count). The van der Waals surface area contributed by atoms with Crippen LogP contribution in [0.25, 0.3) is 17.4 Å². The summed E-state index contributed by atoms with van der Waals surface area (Å²) < 4.78 is 6.84. The van der Waals surface area contributed by atoms with Gasteiger partial charge in [0.1, 0.15) is 23.0 Å². The lowest BCUT2D eigenvalue weighted by Gasteiger charge is -2.03. The van der Waals surface area contributed by atoms with Crippen molar-refractivity contribution in [2.45, 2.75) is 6.92 Å². The Labute approximate surface area is 174 Å². The molecular weight excluding hydrogens is 440 g/mol. The number of benzene rings is 2. The summed E-state index contributed by atoms with van der Waals surface area (Å²) in [6, 6.07) is 16.7. The van der Waals surface area contributed by atoms with E-state index in [4.69, 9.17) is 4.42 Å². The van der Waals surface area contributed by atoms with Crippen LogP contribution in [0.4, 0.5) is 5.69 Å². The van der Waals surface area contributed by atoms with Crippen LogP contribution in [0.15, 0.2) is 73.4 Å². The maximum atomic E-state index is 12.3. The zero-order valence-corrected chi connectivity index (χ0v) is 17.2. The highest BCUT2D eigenvalue weighted by Gasteiger charge is 2.25. The summed E-state index contributed by atoms with van der Waals surface area (Å²) in [5.41, 5.74) is 2.22. The summed E-state index contributed by atoms with van der Waals surface area (Å²) >= 11 is 4.62. The van der Waals surface area contributed by atoms with Crippen molar-refractivity contribution in [1.29, 1.82) is 0 Å². The first-order valence-corrected chi connectivity index (χ1v) is 10.0. The van der Waals surface area contributed by atoms with Gasteiger partial charge >= 0.3 is 0 Å². The molecule has 1 aliphatic rings. The number of carbonyl (C=O) groups is 1. The van der Waals surface area contributed by atoms with E-state index in [1.165, 1.54) is 11.8 Å². The molecule has 2 heterocycles. The average molecular weight is 455 g/mol. The van der Waals surface area contributed by atoms with E-state index in [9.17, 15) is 9.90 Å². The Bertz CT molecular complexity index is 1100. The number of amides is 1. The first-order valence-electron chi connectivity index (χ1n) is 8.43. The fourth-order valence-electron chi connectivity index (χ4n) is 2.70. The maximum absolute atomic E-state index is 12.3. The molecule has 28 heavy (non-hydrogen) atoms. The van der Waals surface area contributed by atoms with Crippen LogP contribution < -0.4 is 5.32 Å². The Morgan fingerprint density at radius 2 is 1.93 bits per heavy atom. The van der Waals surface area contributed by atoms with Gasteiger partial charge < -0.3 is 14.8 Å². The molecule has 1 amide bonds. The van der Waals surface area contributed by atoms with Gasteiger partial charge in [-0.1, -0.05) is 40.2 Å². The molecule has 3 aromatic rings. The van der Waals surface area contributed by atoms with Crippen molar-refractivity contribution >= 4 is 50.5 Å². The molecule has 0 atom stereocenters. The third kappa shape index (κ3) is 3.90. The van der Waals surface area contributed by atoms with Gasteiger partial charge in [-0.05, 0) is 54.6 Å². The fourth-order valence-corrected chi connectivity index (χ4v) is 3.77. The molecule has 5 nitrogen and oxygen atoms in total. The van der Waals surface area contributed by atoms with Gasteiger partial charge in [0, 0.05) is 16.1 Å². The quantitative estimate of drug-likeness (QED) is 0.503. The number of phenols is 1. The van der Waals surface area contributed by atoms with E-state index in [-0.39, 0.29) is 11.7 Å². The van der Waals surface area contributed by atoms with Crippen LogP contribution in [0.1, 0.15) is 11.3 Å². The van der Waals surface area contributed by atoms with Gasteiger partial charge in [0.05, 0.1) is 4.91 Å². The number of phenolic OH excluding ortho intramolecular Hbond substituents is 1. The van der Waals surface area contributed by atoms with Crippen molar-refractivity contribution in [2.75, 3.05) is 0 Å². The monoisotopic (exact) mass is 454 g/mol. The zero-order chi connectivity index (χ0) is 19.7. The number of thioether (sulfide) groups is 1. The molecule has 2 N–H and O–H groups in total. The number of halogens is 1. The predicted octanol–water partition coefficient (Wildman–Crippen LogP) is 5.61. The van der Waals surface area contributed by atoms with E-state index in [0.717, 1.165) is 21.4 Å². The summed E-state index contributed by atoms with van der Waals surface area (Å²) in [5.74, 6) is 1.13. The minimum absolute atomic E-state index is 0.0740. The lowest BCUT2D eigenvalue weighted by atomic mass is 10.2. The molecule has 0 spiro atoms. The van der Waals surface area contributed by atoms with Crippen molar-refractivity contribution < 1.29 is 14.3 Å². The summed E-state index contributed by atoms with van der Waals surface area (Å²) in [6.45, 7) is 1.85. The summed E-state index contributed by atoms with van der Waals surface area (Å²) in [5, 5.41) is 13.1. The van der Waals surface area contributed by atoms with E-state index in [1.54, 1.807) is 18.2 Å². The highest BCUT2D eigenvalue weighted by atomic mass is 79.9. The highest BCUT2D eigenvalue weighted by molar-refractivity contribution is 9.10. The minimum Gasteiger partial charge on any atom is -0.506 e. The number of nitrogens with zero attached hydrogens (tertiary/aromatic N) is 1. The standard InChI is InChI=1S/C21H15BrN2O3S/c1-12-3-2-4-16(25)19(12)23-21-24-20(26)18(28-21)11-15-9-10-17(27-15)13-5-7-14(22)8-6-13/h2-11,25H,1H3,(H,23,24,26)/b18-11+.